The van der Waals surface area contributed by atoms with Crippen molar-refractivity contribution >= 4 is 21.4 Å². The molecule has 9 nitrogen and oxygen atoms in total. The summed E-state index contributed by atoms with van der Waals surface area (Å²) < 4.78 is 43.0. The van der Waals surface area contributed by atoms with Crippen molar-refractivity contribution in [3.63, 3.8) is 0 Å². The summed E-state index contributed by atoms with van der Waals surface area (Å²) in [7, 11) is -1.28. The number of benzene rings is 2. The standard InChI is InChI=1S/C17H20N2O7S/c1-4-9-26-12-5-7-14(15(10-12)19(20)21)18-27(22,23)13-6-8-16(24-2)17(11-13)25-3/h5-8,10-11,18H,4,9H2,1-3H3. The first-order chi connectivity index (χ1) is 12.8. The summed E-state index contributed by atoms with van der Waals surface area (Å²) in [5.74, 6) is 0.871. The highest BCUT2D eigenvalue weighted by Crippen LogP contribution is 2.33. The molecular weight excluding hydrogens is 376 g/mol. The van der Waals surface area contributed by atoms with E-state index in [0.29, 0.717) is 12.4 Å². The molecule has 0 aliphatic rings. The van der Waals surface area contributed by atoms with Gasteiger partial charge in [-0.05, 0) is 30.7 Å². The molecule has 0 fully saturated rings. The van der Waals surface area contributed by atoms with Gasteiger partial charge in [0.25, 0.3) is 15.7 Å². The summed E-state index contributed by atoms with van der Waals surface area (Å²) in [6.07, 6.45) is 0.738. The van der Waals surface area contributed by atoms with E-state index in [1.807, 2.05) is 6.92 Å². The van der Waals surface area contributed by atoms with Gasteiger partial charge in [0, 0.05) is 6.07 Å². The van der Waals surface area contributed by atoms with Crippen molar-refractivity contribution in [3.05, 3.63) is 46.5 Å². The molecule has 0 amide bonds. The summed E-state index contributed by atoms with van der Waals surface area (Å²) in [4.78, 5) is 10.5. The number of nitro benzene ring substituents is 1. The Bertz CT molecular complexity index is 929. The summed E-state index contributed by atoms with van der Waals surface area (Å²) in [5, 5.41) is 11.3. The third kappa shape index (κ3) is 4.79. The molecule has 0 aliphatic heterocycles. The van der Waals surface area contributed by atoms with Gasteiger partial charge in [0.1, 0.15) is 11.4 Å². The van der Waals surface area contributed by atoms with Gasteiger partial charge in [-0.1, -0.05) is 6.92 Å². The van der Waals surface area contributed by atoms with Crippen molar-refractivity contribution in [1.29, 1.82) is 0 Å². The molecule has 0 saturated carbocycles. The van der Waals surface area contributed by atoms with Crippen LogP contribution in [0.2, 0.25) is 0 Å². The molecule has 2 aromatic rings. The minimum absolute atomic E-state index is 0.124. The van der Waals surface area contributed by atoms with Crippen LogP contribution in [0.5, 0.6) is 17.2 Å². The van der Waals surface area contributed by atoms with E-state index in [0.717, 1.165) is 6.42 Å². The quantitative estimate of drug-likeness (QED) is 0.511. The average molecular weight is 396 g/mol. The van der Waals surface area contributed by atoms with Crippen molar-refractivity contribution in [3.8, 4) is 17.2 Å². The van der Waals surface area contributed by atoms with Gasteiger partial charge in [-0.2, -0.15) is 0 Å². The van der Waals surface area contributed by atoms with Gasteiger partial charge in [-0.3, -0.25) is 14.8 Å². The zero-order valence-corrected chi connectivity index (χ0v) is 15.9. The normalized spacial score (nSPS) is 10.9. The monoisotopic (exact) mass is 396 g/mol. The van der Waals surface area contributed by atoms with Gasteiger partial charge < -0.3 is 14.2 Å². The molecule has 2 aromatic carbocycles. The van der Waals surface area contributed by atoms with Gasteiger partial charge >= 0.3 is 0 Å². The lowest BCUT2D eigenvalue weighted by Gasteiger charge is -2.12. The van der Waals surface area contributed by atoms with E-state index in [9.17, 15) is 18.5 Å². The second-order valence-electron chi connectivity index (χ2n) is 5.41. The molecule has 0 aliphatic carbocycles. The smallest absolute Gasteiger partial charge is 0.297 e. The van der Waals surface area contributed by atoms with Crippen molar-refractivity contribution < 1.29 is 27.6 Å². The van der Waals surface area contributed by atoms with Crippen molar-refractivity contribution in [2.24, 2.45) is 0 Å². The lowest BCUT2D eigenvalue weighted by molar-refractivity contribution is -0.384. The number of hydrogen-bond acceptors (Lipinski definition) is 7. The molecule has 146 valence electrons. The molecule has 0 bridgehead atoms. The van der Waals surface area contributed by atoms with E-state index in [4.69, 9.17) is 14.2 Å². The molecule has 2 rings (SSSR count). The van der Waals surface area contributed by atoms with Crippen LogP contribution in [0.4, 0.5) is 11.4 Å². The summed E-state index contributed by atoms with van der Waals surface area (Å²) in [5.41, 5.74) is -0.578. The van der Waals surface area contributed by atoms with Crippen LogP contribution < -0.4 is 18.9 Å². The molecule has 27 heavy (non-hydrogen) atoms. The van der Waals surface area contributed by atoms with Crippen molar-refractivity contribution in [2.75, 3.05) is 25.5 Å². The molecule has 0 radical (unpaired) electrons. The number of ether oxygens (including phenoxy) is 3. The Labute approximate surface area is 157 Å². The molecule has 0 heterocycles. The summed E-state index contributed by atoms with van der Waals surface area (Å²) in [6.45, 7) is 2.30. The maximum absolute atomic E-state index is 12.6. The lowest BCUT2D eigenvalue weighted by atomic mass is 10.2. The molecule has 1 N–H and O–H groups in total. The number of sulfonamides is 1. The largest absolute Gasteiger partial charge is 0.493 e. The molecular formula is C17H20N2O7S. The Balaban J connectivity index is 2.38. The van der Waals surface area contributed by atoms with Crippen LogP contribution >= 0.6 is 0 Å². The highest BCUT2D eigenvalue weighted by molar-refractivity contribution is 7.92. The lowest BCUT2D eigenvalue weighted by Crippen LogP contribution is -2.14. The number of rotatable bonds is 9. The second-order valence-corrected chi connectivity index (χ2v) is 7.09. The summed E-state index contributed by atoms with van der Waals surface area (Å²) in [6, 6.07) is 7.96. The molecule has 0 saturated heterocycles. The van der Waals surface area contributed by atoms with E-state index in [1.165, 1.54) is 50.6 Å². The summed E-state index contributed by atoms with van der Waals surface area (Å²) >= 11 is 0. The Kier molecular flexibility index (Phi) is 6.45. The minimum Gasteiger partial charge on any atom is -0.493 e. The Morgan fingerprint density at radius 1 is 1.07 bits per heavy atom. The maximum atomic E-state index is 12.6. The Hall–Kier alpha value is -3.01. The van der Waals surface area contributed by atoms with Gasteiger partial charge in [0.05, 0.1) is 36.7 Å². The number of nitrogens with one attached hydrogen (secondary N) is 1. The van der Waals surface area contributed by atoms with Crippen LogP contribution in [0, 0.1) is 10.1 Å². The minimum atomic E-state index is -4.09. The number of nitro groups is 1. The third-order valence-corrected chi connectivity index (χ3v) is 4.91. The third-order valence-electron chi connectivity index (χ3n) is 3.55. The Morgan fingerprint density at radius 3 is 2.37 bits per heavy atom. The number of nitrogens with zero attached hydrogens (tertiary/aromatic N) is 1. The number of hydrogen-bond donors (Lipinski definition) is 1. The Morgan fingerprint density at radius 2 is 1.78 bits per heavy atom. The second kappa shape index (κ2) is 8.58. The fourth-order valence-corrected chi connectivity index (χ4v) is 3.34. The van der Waals surface area contributed by atoms with Gasteiger partial charge in [0.15, 0.2) is 11.5 Å². The first-order valence-electron chi connectivity index (χ1n) is 7.98. The fourth-order valence-electron chi connectivity index (χ4n) is 2.25. The first-order valence-corrected chi connectivity index (χ1v) is 9.46. The van der Waals surface area contributed by atoms with E-state index in [1.54, 1.807) is 0 Å². The molecule has 0 spiro atoms. The predicted octanol–water partition coefficient (Wildman–Crippen LogP) is 3.20. The van der Waals surface area contributed by atoms with E-state index in [2.05, 4.69) is 4.72 Å². The molecule has 10 heteroatoms. The van der Waals surface area contributed by atoms with E-state index < -0.39 is 20.6 Å². The SMILES string of the molecule is CCCOc1ccc(NS(=O)(=O)c2ccc(OC)c(OC)c2)c([N+](=O)[O-])c1. The zero-order valence-electron chi connectivity index (χ0n) is 15.1. The first kappa shape index (κ1) is 20.3. The molecule has 0 unspecified atom stereocenters. The fraction of sp³-hybridized carbons (Fsp3) is 0.294. The predicted molar refractivity (Wildman–Crippen MR) is 99.2 cm³/mol. The van der Waals surface area contributed by atoms with Crippen molar-refractivity contribution in [2.45, 2.75) is 18.2 Å². The van der Waals surface area contributed by atoms with Crippen LogP contribution in [0.25, 0.3) is 0 Å². The molecule has 0 aromatic heterocycles. The number of anilines is 1. The van der Waals surface area contributed by atoms with E-state index in [-0.39, 0.29) is 22.1 Å². The van der Waals surface area contributed by atoms with Crippen LogP contribution in [-0.2, 0) is 10.0 Å². The topological polar surface area (TPSA) is 117 Å². The molecule has 0 atom stereocenters. The van der Waals surface area contributed by atoms with Gasteiger partial charge in [-0.25, -0.2) is 8.42 Å². The van der Waals surface area contributed by atoms with Crippen molar-refractivity contribution in [1.82, 2.24) is 0 Å². The van der Waals surface area contributed by atoms with Crippen LogP contribution in [0.3, 0.4) is 0 Å². The highest BCUT2D eigenvalue weighted by Gasteiger charge is 2.23. The van der Waals surface area contributed by atoms with E-state index >= 15 is 0 Å². The highest BCUT2D eigenvalue weighted by atomic mass is 32.2. The average Bonchev–Trinajstić information content (AvgIpc) is 2.66. The van der Waals surface area contributed by atoms with Gasteiger partial charge in [0.2, 0.25) is 0 Å². The zero-order chi connectivity index (χ0) is 20.0. The van der Waals surface area contributed by atoms with Crippen LogP contribution in [-0.4, -0.2) is 34.2 Å². The van der Waals surface area contributed by atoms with Gasteiger partial charge in [-0.15, -0.1) is 0 Å². The number of methoxy groups -OCH3 is 2. The van der Waals surface area contributed by atoms with Crippen LogP contribution in [0.15, 0.2) is 41.3 Å². The maximum Gasteiger partial charge on any atom is 0.297 e. The van der Waals surface area contributed by atoms with Crippen LogP contribution in [0.1, 0.15) is 13.3 Å².